The summed E-state index contributed by atoms with van der Waals surface area (Å²) in [7, 11) is -3.63. The highest BCUT2D eigenvalue weighted by molar-refractivity contribution is 7.89. The first-order valence-electron chi connectivity index (χ1n) is 8.79. The fourth-order valence-electron chi connectivity index (χ4n) is 3.00. The molecule has 1 aliphatic rings. The highest BCUT2D eigenvalue weighted by Crippen LogP contribution is 2.15. The number of unbranched alkanes of at least 4 members (excludes halogenated alkanes) is 1. The van der Waals surface area contributed by atoms with Crippen LogP contribution in [0.4, 0.5) is 0 Å². The Morgan fingerprint density at radius 1 is 1.27 bits per heavy atom. The van der Waals surface area contributed by atoms with Crippen LogP contribution in [0.25, 0.3) is 0 Å². The van der Waals surface area contributed by atoms with Crippen molar-refractivity contribution in [2.45, 2.75) is 44.3 Å². The Morgan fingerprint density at radius 2 is 2.04 bits per heavy atom. The van der Waals surface area contributed by atoms with E-state index >= 15 is 0 Å². The number of rotatable bonds is 7. The van der Waals surface area contributed by atoms with E-state index in [4.69, 9.17) is 5.26 Å². The lowest BCUT2D eigenvalue weighted by Gasteiger charge is -2.27. The Hall–Kier alpha value is -2.21. The predicted molar refractivity (Wildman–Crippen MR) is 97.6 cm³/mol. The van der Waals surface area contributed by atoms with Crippen molar-refractivity contribution in [3.63, 3.8) is 0 Å². The molecule has 0 radical (unpaired) electrons. The van der Waals surface area contributed by atoms with Crippen LogP contribution in [0.2, 0.25) is 0 Å². The number of hydrogen-bond donors (Lipinski definition) is 1. The van der Waals surface area contributed by atoms with Crippen molar-refractivity contribution in [3.8, 4) is 6.07 Å². The maximum atomic E-state index is 12.4. The molecule has 7 nitrogen and oxygen atoms in total. The average molecular weight is 373 g/mol. The number of hydrogen-bond acceptors (Lipinski definition) is 5. The first-order valence-corrected chi connectivity index (χ1v) is 10.3. The van der Waals surface area contributed by atoms with Crippen molar-refractivity contribution in [2.24, 2.45) is 0 Å². The Bertz CT molecular complexity index is 897. The summed E-state index contributed by atoms with van der Waals surface area (Å²) in [5.41, 5.74) is 2.27. The molecule has 0 fully saturated rings. The molecular weight excluding hydrogens is 350 g/mol. The highest BCUT2D eigenvalue weighted by atomic mass is 32.2. The molecular formula is C18H23N5O2S. The normalized spacial score (nSPS) is 14.8. The van der Waals surface area contributed by atoms with Crippen LogP contribution in [0.5, 0.6) is 0 Å². The topological polar surface area (TPSA) is 91.0 Å². The fourth-order valence-corrected chi connectivity index (χ4v) is 4.00. The maximum absolute atomic E-state index is 12.4. The van der Waals surface area contributed by atoms with E-state index in [0.717, 1.165) is 37.6 Å². The molecule has 0 amide bonds. The second-order valence-electron chi connectivity index (χ2n) is 6.44. The lowest BCUT2D eigenvalue weighted by molar-refractivity contribution is 0.210. The third-order valence-electron chi connectivity index (χ3n) is 4.49. The van der Waals surface area contributed by atoms with E-state index in [1.807, 2.05) is 16.8 Å². The zero-order valence-corrected chi connectivity index (χ0v) is 15.7. The zero-order valence-electron chi connectivity index (χ0n) is 14.9. The standard InChI is InChI=1S/C18H23N5O2S/c1-2-3-8-22-9-10-23-17(14-22)11-16(21-23)13-20-26(24,25)18-6-4-15(12-19)5-7-18/h4-7,11,20H,2-3,8-10,13-14H2,1H3. The van der Waals surface area contributed by atoms with Crippen LogP contribution < -0.4 is 4.72 Å². The number of sulfonamides is 1. The molecule has 1 aliphatic heterocycles. The van der Waals surface area contributed by atoms with Gasteiger partial charge in [-0.15, -0.1) is 0 Å². The Morgan fingerprint density at radius 3 is 2.73 bits per heavy atom. The molecule has 0 aliphatic carbocycles. The highest BCUT2D eigenvalue weighted by Gasteiger charge is 2.19. The second-order valence-corrected chi connectivity index (χ2v) is 8.21. The zero-order chi connectivity index (χ0) is 18.6. The summed E-state index contributed by atoms with van der Waals surface area (Å²) in [6, 6.07) is 9.81. The molecule has 0 atom stereocenters. The van der Waals surface area contributed by atoms with Gasteiger partial charge < -0.3 is 0 Å². The van der Waals surface area contributed by atoms with Gasteiger partial charge in [-0.2, -0.15) is 10.4 Å². The lowest BCUT2D eigenvalue weighted by atomic mass is 10.2. The Labute approximate surface area is 154 Å². The molecule has 0 saturated heterocycles. The average Bonchev–Trinajstić information content (AvgIpc) is 3.07. The van der Waals surface area contributed by atoms with Gasteiger partial charge in [0.25, 0.3) is 0 Å². The Kier molecular flexibility index (Phi) is 5.71. The van der Waals surface area contributed by atoms with Gasteiger partial charge in [0.1, 0.15) is 0 Å². The van der Waals surface area contributed by atoms with Crippen molar-refractivity contribution in [2.75, 3.05) is 13.1 Å². The first kappa shape index (κ1) is 18.6. The molecule has 26 heavy (non-hydrogen) atoms. The van der Waals surface area contributed by atoms with Gasteiger partial charge in [-0.25, -0.2) is 13.1 Å². The van der Waals surface area contributed by atoms with E-state index < -0.39 is 10.0 Å². The van der Waals surface area contributed by atoms with Gasteiger partial charge >= 0.3 is 0 Å². The molecule has 1 aromatic heterocycles. The van der Waals surface area contributed by atoms with Crippen LogP contribution in [0, 0.1) is 11.3 Å². The summed E-state index contributed by atoms with van der Waals surface area (Å²) < 4.78 is 29.3. The molecule has 0 saturated carbocycles. The van der Waals surface area contributed by atoms with Gasteiger partial charge in [0, 0.05) is 13.1 Å². The molecule has 3 rings (SSSR count). The van der Waals surface area contributed by atoms with Crippen molar-refractivity contribution in [1.29, 1.82) is 5.26 Å². The van der Waals surface area contributed by atoms with E-state index in [0.29, 0.717) is 5.56 Å². The number of benzene rings is 1. The lowest BCUT2D eigenvalue weighted by Crippen LogP contribution is -2.34. The van der Waals surface area contributed by atoms with Gasteiger partial charge in [-0.1, -0.05) is 13.3 Å². The van der Waals surface area contributed by atoms with Crippen molar-refractivity contribution in [3.05, 3.63) is 47.3 Å². The molecule has 0 spiro atoms. The maximum Gasteiger partial charge on any atom is 0.240 e. The smallest absolute Gasteiger partial charge is 0.240 e. The number of nitriles is 1. The van der Waals surface area contributed by atoms with Gasteiger partial charge in [0.2, 0.25) is 10.0 Å². The largest absolute Gasteiger partial charge is 0.296 e. The number of nitrogens with one attached hydrogen (secondary N) is 1. The summed E-state index contributed by atoms with van der Waals surface area (Å²) in [5.74, 6) is 0. The van der Waals surface area contributed by atoms with E-state index in [1.54, 1.807) is 0 Å². The summed E-state index contributed by atoms with van der Waals surface area (Å²) in [6.45, 7) is 6.09. The minimum atomic E-state index is -3.63. The third kappa shape index (κ3) is 4.30. The van der Waals surface area contributed by atoms with Gasteiger partial charge in [0.05, 0.1) is 41.0 Å². The molecule has 1 N–H and O–H groups in total. The third-order valence-corrected chi connectivity index (χ3v) is 5.91. The van der Waals surface area contributed by atoms with E-state index in [-0.39, 0.29) is 11.4 Å². The summed E-state index contributed by atoms with van der Waals surface area (Å²) in [5, 5.41) is 13.3. The van der Waals surface area contributed by atoms with E-state index in [9.17, 15) is 8.42 Å². The number of nitrogens with zero attached hydrogens (tertiary/aromatic N) is 4. The van der Waals surface area contributed by atoms with Crippen molar-refractivity contribution in [1.82, 2.24) is 19.4 Å². The quantitative estimate of drug-likeness (QED) is 0.800. The molecule has 0 bridgehead atoms. The molecule has 1 aromatic carbocycles. The van der Waals surface area contributed by atoms with Crippen molar-refractivity contribution >= 4 is 10.0 Å². The van der Waals surface area contributed by atoms with Crippen LogP contribution in [-0.2, 0) is 29.7 Å². The molecule has 138 valence electrons. The number of aromatic nitrogens is 2. The molecule has 2 heterocycles. The summed E-state index contributed by atoms with van der Waals surface area (Å²) >= 11 is 0. The predicted octanol–water partition coefficient (Wildman–Crippen LogP) is 1.85. The van der Waals surface area contributed by atoms with Crippen LogP contribution in [0.1, 0.15) is 36.7 Å². The molecule has 8 heteroatoms. The summed E-state index contributed by atoms with van der Waals surface area (Å²) in [4.78, 5) is 2.55. The van der Waals surface area contributed by atoms with Crippen LogP contribution >= 0.6 is 0 Å². The van der Waals surface area contributed by atoms with Crippen molar-refractivity contribution < 1.29 is 8.42 Å². The van der Waals surface area contributed by atoms with Gasteiger partial charge in [-0.05, 0) is 43.3 Å². The fraction of sp³-hybridized carbons (Fsp3) is 0.444. The van der Waals surface area contributed by atoms with E-state index in [1.165, 1.54) is 37.1 Å². The van der Waals surface area contributed by atoms with Crippen LogP contribution in [-0.4, -0.2) is 36.2 Å². The van der Waals surface area contributed by atoms with Crippen LogP contribution in [0.15, 0.2) is 35.2 Å². The number of fused-ring (bicyclic) bond motifs is 1. The van der Waals surface area contributed by atoms with Gasteiger partial charge in [-0.3, -0.25) is 9.58 Å². The molecule has 2 aromatic rings. The minimum absolute atomic E-state index is 0.145. The summed E-state index contributed by atoms with van der Waals surface area (Å²) in [6.07, 6.45) is 2.36. The van der Waals surface area contributed by atoms with Gasteiger partial charge in [0.15, 0.2) is 0 Å². The van der Waals surface area contributed by atoms with E-state index in [2.05, 4.69) is 21.6 Å². The Balaban J connectivity index is 1.63. The monoisotopic (exact) mass is 373 g/mol. The second kappa shape index (κ2) is 7.99. The minimum Gasteiger partial charge on any atom is -0.296 e. The first-order chi connectivity index (χ1) is 12.5. The molecule has 0 unspecified atom stereocenters. The SMILES string of the molecule is CCCCN1CCn2nc(CNS(=O)(=O)c3ccc(C#N)cc3)cc2C1. The van der Waals surface area contributed by atoms with Crippen LogP contribution in [0.3, 0.4) is 0 Å².